The fourth-order valence-corrected chi connectivity index (χ4v) is 3.19. The van der Waals surface area contributed by atoms with Crippen LogP contribution in [-0.4, -0.2) is 42.5 Å². The molecule has 18 heavy (non-hydrogen) atoms. The molecule has 0 saturated carbocycles. The van der Waals surface area contributed by atoms with E-state index in [-0.39, 0.29) is 5.91 Å². The molecule has 0 aliphatic carbocycles. The number of pyridine rings is 1. The largest absolute Gasteiger partial charge is 0.323 e. The van der Waals surface area contributed by atoms with Gasteiger partial charge in [-0.3, -0.25) is 9.78 Å². The van der Waals surface area contributed by atoms with E-state index in [2.05, 4.69) is 10.3 Å². The number of aromatic nitrogens is 1. The van der Waals surface area contributed by atoms with Crippen LogP contribution in [0.3, 0.4) is 0 Å². The summed E-state index contributed by atoms with van der Waals surface area (Å²) in [5.74, 6) is -0.300. The van der Waals surface area contributed by atoms with Crippen LogP contribution in [0.1, 0.15) is 12.8 Å². The van der Waals surface area contributed by atoms with Crippen molar-refractivity contribution in [3.8, 4) is 0 Å². The van der Waals surface area contributed by atoms with Gasteiger partial charge >= 0.3 is 0 Å². The second-order valence-corrected chi connectivity index (χ2v) is 6.20. The van der Waals surface area contributed by atoms with E-state index in [1.807, 2.05) is 0 Å². The summed E-state index contributed by atoms with van der Waals surface area (Å²) in [6.45, 7) is 0.407. The van der Waals surface area contributed by atoms with Gasteiger partial charge in [0.05, 0.1) is 18.1 Å². The van der Waals surface area contributed by atoms with Crippen LogP contribution < -0.4 is 5.32 Å². The highest BCUT2D eigenvalue weighted by Crippen LogP contribution is 2.21. The Morgan fingerprint density at radius 1 is 1.56 bits per heavy atom. The summed E-state index contributed by atoms with van der Waals surface area (Å²) in [5.41, 5.74) is 0.572. The predicted molar refractivity (Wildman–Crippen MR) is 67.4 cm³/mol. The molecule has 6 nitrogen and oxygen atoms in total. The van der Waals surface area contributed by atoms with Gasteiger partial charge in [-0.25, -0.2) is 8.42 Å². The number of sulfonamides is 1. The van der Waals surface area contributed by atoms with E-state index in [9.17, 15) is 13.2 Å². The lowest BCUT2D eigenvalue weighted by molar-refractivity contribution is -0.119. The number of hydrogen-bond donors (Lipinski definition) is 1. The first-order valence-electron chi connectivity index (χ1n) is 5.66. The lowest BCUT2D eigenvalue weighted by atomic mass is 10.2. The van der Waals surface area contributed by atoms with Crippen molar-refractivity contribution in [1.29, 1.82) is 0 Å². The Balaban J connectivity index is 2.10. The van der Waals surface area contributed by atoms with Crippen molar-refractivity contribution in [2.24, 2.45) is 0 Å². The highest BCUT2D eigenvalue weighted by Gasteiger charge is 2.36. The Labute approximate surface area is 106 Å². The number of rotatable bonds is 3. The molecule has 1 aliphatic heterocycles. The lowest BCUT2D eigenvalue weighted by Crippen LogP contribution is -2.42. The zero-order valence-electron chi connectivity index (χ0n) is 10.0. The van der Waals surface area contributed by atoms with Crippen molar-refractivity contribution in [3.63, 3.8) is 0 Å². The predicted octanol–water partition coefficient (Wildman–Crippen LogP) is 0.444. The first-order chi connectivity index (χ1) is 8.48. The Bertz CT molecular complexity index is 530. The fourth-order valence-electron chi connectivity index (χ4n) is 2.06. The van der Waals surface area contributed by atoms with E-state index in [1.165, 1.54) is 10.5 Å². The Kier molecular flexibility index (Phi) is 3.63. The second kappa shape index (κ2) is 5.03. The molecule has 1 aliphatic rings. The number of nitrogens with zero attached hydrogens (tertiary/aromatic N) is 2. The molecule has 98 valence electrons. The van der Waals surface area contributed by atoms with Crippen LogP contribution in [0.25, 0.3) is 0 Å². The molecule has 0 radical (unpaired) electrons. The van der Waals surface area contributed by atoms with E-state index >= 15 is 0 Å². The summed E-state index contributed by atoms with van der Waals surface area (Å²) in [6, 6.07) is 2.81. The maximum atomic E-state index is 12.0. The number of nitrogens with one attached hydrogen (secondary N) is 1. The average Bonchev–Trinajstić information content (AvgIpc) is 2.79. The van der Waals surface area contributed by atoms with Gasteiger partial charge in [0, 0.05) is 12.7 Å². The van der Waals surface area contributed by atoms with Crippen molar-refractivity contribution in [1.82, 2.24) is 9.29 Å². The zero-order chi connectivity index (χ0) is 13.2. The summed E-state index contributed by atoms with van der Waals surface area (Å²) in [4.78, 5) is 15.9. The van der Waals surface area contributed by atoms with Crippen molar-refractivity contribution >= 4 is 21.6 Å². The standard InChI is InChI=1S/C11H15N3O3S/c1-18(16,17)14-7-3-5-10(14)11(15)13-9-4-2-6-12-8-9/h2,4,6,8,10H,3,5,7H2,1H3,(H,13,15)/t10-/m1/s1. The van der Waals surface area contributed by atoms with Gasteiger partial charge in [-0.1, -0.05) is 0 Å². The fraction of sp³-hybridized carbons (Fsp3) is 0.455. The molecule has 1 fully saturated rings. The smallest absolute Gasteiger partial charge is 0.242 e. The third-order valence-corrected chi connectivity index (χ3v) is 4.15. The van der Waals surface area contributed by atoms with Crippen LogP contribution in [0.15, 0.2) is 24.5 Å². The molecular formula is C11H15N3O3S. The van der Waals surface area contributed by atoms with Crippen LogP contribution in [0.2, 0.25) is 0 Å². The van der Waals surface area contributed by atoms with E-state index < -0.39 is 16.1 Å². The summed E-state index contributed by atoms with van der Waals surface area (Å²) in [5, 5.41) is 2.68. The van der Waals surface area contributed by atoms with E-state index in [4.69, 9.17) is 0 Å². The molecule has 0 bridgehead atoms. The van der Waals surface area contributed by atoms with Crippen molar-refractivity contribution in [2.45, 2.75) is 18.9 Å². The van der Waals surface area contributed by atoms with Gasteiger partial charge in [0.1, 0.15) is 6.04 Å². The molecule has 1 atom stereocenters. The molecule has 0 aromatic carbocycles. The van der Waals surface area contributed by atoms with Crippen LogP contribution in [-0.2, 0) is 14.8 Å². The summed E-state index contributed by atoms with van der Waals surface area (Å²) < 4.78 is 24.3. The SMILES string of the molecule is CS(=O)(=O)N1CCC[C@@H]1C(=O)Nc1cccnc1. The minimum atomic E-state index is -3.33. The quantitative estimate of drug-likeness (QED) is 0.863. The molecule has 1 aromatic rings. The van der Waals surface area contributed by atoms with Gasteiger partial charge in [0.25, 0.3) is 0 Å². The second-order valence-electron chi connectivity index (χ2n) is 4.26. The average molecular weight is 269 g/mol. The molecule has 1 N–H and O–H groups in total. The van der Waals surface area contributed by atoms with Gasteiger partial charge < -0.3 is 5.32 Å². The van der Waals surface area contributed by atoms with E-state index in [0.29, 0.717) is 25.1 Å². The molecule has 0 unspecified atom stereocenters. The molecule has 7 heteroatoms. The molecule has 2 heterocycles. The monoisotopic (exact) mass is 269 g/mol. The number of carbonyl (C=O) groups is 1. The minimum Gasteiger partial charge on any atom is -0.323 e. The van der Waals surface area contributed by atoms with Gasteiger partial charge in [-0.05, 0) is 25.0 Å². The molecular weight excluding hydrogens is 254 g/mol. The topological polar surface area (TPSA) is 79.4 Å². The number of amides is 1. The van der Waals surface area contributed by atoms with Gasteiger partial charge in [0.2, 0.25) is 15.9 Å². The summed E-state index contributed by atoms with van der Waals surface area (Å²) in [7, 11) is -3.33. The Morgan fingerprint density at radius 2 is 2.33 bits per heavy atom. The van der Waals surface area contributed by atoms with Crippen molar-refractivity contribution in [2.75, 3.05) is 18.1 Å². The number of carbonyl (C=O) groups excluding carboxylic acids is 1. The molecule has 1 amide bonds. The van der Waals surface area contributed by atoms with Gasteiger partial charge in [-0.15, -0.1) is 0 Å². The maximum Gasteiger partial charge on any atom is 0.242 e. The van der Waals surface area contributed by atoms with Crippen LogP contribution in [0.4, 0.5) is 5.69 Å². The normalized spacial score (nSPS) is 20.8. The highest BCUT2D eigenvalue weighted by atomic mass is 32.2. The number of hydrogen-bond acceptors (Lipinski definition) is 4. The first kappa shape index (κ1) is 13.0. The summed E-state index contributed by atoms with van der Waals surface area (Å²) in [6.07, 6.45) is 5.52. The van der Waals surface area contributed by atoms with E-state index in [1.54, 1.807) is 18.3 Å². The summed E-state index contributed by atoms with van der Waals surface area (Å²) >= 11 is 0. The minimum absolute atomic E-state index is 0.300. The molecule has 0 spiro atoms. The van der Waals surface area contributed by atoms with E-state index in [0.717, 1.165) is 6.26 Å². The Morgan fingerprint density at radius 3 is 2.94 bits per heavy atom. The molecule has 1 saturated heterocycles. The van der Waals surface area contributed by atoms with Crippen LogP contribution in [0, 0.1) is 0 Å². The highest BCUT2D eigenvalue weighted by molar-refractivity contribution is 7.88. The van der Waals surface area contributed by atoms with Crippen molar-refractivity contribution < 1.29 is 13.2 Å². The zero-order valence-corrected chi connectivity index (χ0v) is 10.9. The van der Waals surface area contributed by atoms with Gasteiger partial charge in [0.15, 0.2) is 0 Å². The molecule has 1 aromatic heterocycles. The van der Waals surface area contributed by atoms with Gasteiger partial charge in [-0.2, -0.15) is 4.31 Å². The van der Waals surface area contributed by atoms with Crippen LogP contribution in [0.5, 0.6) is 0 Å². The third-order valence-electron chi connectivity index (χ3n) is 2.86. The van der Waals surface area contributed by atoms with Crippen molar-refractivity contribution in [3.05, 3.63) is 24.5 Å². The Hall–Kier alpha value is -1.47. The maximum absolute atomic E-state index is 12.0. The number of anilines is 1. The lowest BCUT2D eigenvalue weighted by Gasteiger charge is -2.21. The third kappa shape index (κ3) is 2.85. The first-order valence-corrected chi connectivity index (χ1v) is 7.51. The molecule has 2 rings (SSSR count). The van der Waals surface area contributed by atoms with Crippen LogP contribution >= 0.6 is 0 Å².